The van der Waals surface area contributed by atoms with Crippen molar-refractivity contribution in [2.45, 2.75) is 6.18 Å². The first-order valence-corrected chi connectivity index (χ1v) is 4.02. The number of ether oxygens (including phenoxy) is 1. The van der Waals surface area contributed by atoms with Crippen molar-refractivity contribution in [2.75, 3.05) is 0 Å². The Morgan fingerprint density at radius 1 is 1.14 bits per heavy atom. The van der Waals surface area contributed by atoms with Crippen LogP contribution in [0.5, 0.6) is 5.75 Å². The Bertz CT molecular complexity index is 316. The van der Waals surface area contributed by atoms with Gasteiger partial charge in [0.15, 0.2) is 0 Å². The molecule has 1 nitrogen and oxygen atoms in total. The van der Waals surface area contributed by atoms with Gasteiger partial charge in [0.2, 0.25) is 0 Å². The summed E-state index contributed by atoms with van der Waals surface area (Å²) in [5.74, 6) is 0.301. The highest BCUT2D eigenvalue weighted by atomic mass is 35.5. The molecule has 1 aromatic carbocycles. The van der Waals surface area contributed by atoms with E-state index >= 15 is 0 Å². The van der Waals surface area contributed by atoms with Gasteiger partial charge in [0.1, 0.15) is 5.75 Å². The van der Waals surface area contributed by atoms with Crippen LogP contribution in [-0.2, 0) is 0 Å². The molecule has 1 aromatic rings. The third kappa shape index (κ3) is 4.18. The summed E-state index contributed by atoms with van der Waals surface area (Å²) >= 11 is 5.56. The lowest BCUT2D eigenvalue weighted by atomic mass is 10.3. The van der Waals surface area contributed by atoms with Gasteiger partial charge in [-0.1, -0.05) is 11.6 Å². The van der Waals surface area contributed by atoms with Crippen molar-refractivity contribution in [3.8, 4) is 5.75 Å². The molecule has 5 heteroatoms. The van der Waals surface area contributed by atoms with Gasteiger partial charge in [-0.15, -0.1) is 0 Å². The van der Waals surface area contributed by atoms with E-state index in [1.165, 1.54) is 24.3 Å². The van der Waals surface area contributed by atoms with Crippen LogP contribution in [0, 0.1) is 0 Å². The summed E-state index contributed by atoms with van der Waals surface area (Å²) in [6.45, 7) is 0. The summed E-state index contributed by atoms with van der Waals surface area (Å²) in [5.41, 5.74) is 0. The van der Waals surface area contributed by atoms with Crippen molar-refractivity contribution >= 4 is 11.6 Å². The molecule has 0 amide bonds. The largest absolute Gasteiger partial charge is 0.465 e. The van der Waals surface area contributed by atoms with Crippen molar-refractivity contribution in [3.63, 3.8) is 0 Å². The number of benzene rings is 1. The summed E-state index contributed by atoms with van der Waals surface area (Å²) in [6, 6.07) is 6.00. The molecule has 0 fully saturated rings. The molecule has 0 unspecified atom stereocenters. The van der Waals surface area contributed by atoms with Crippen LogP contribution < -0.4 is 4.74 Å². The second kappa shape index (κ2) is 4.37. The maximum Gasteiger partial charge on any atom is 0.412 e. The van der Waals surface area contributed by atoms with E-state index in [1.54, 1.807) is 0 Å². The average molecular weight is 223 g/mol. The van der Waals surface area contributed by atoms with E-state index in [0.29, 0.717) is 17.0 Å². The zero-order valence-corrected chi connectivity index (χ0v) is 7.64. The summed E-state index contributed by atoms with van der Waals surface area (Å²) in [7, 11) is 0. The molecule has 0 aromatic heterocycles. The number of hydrogen-bond acceptors (Lipinski definition) is 1. The minimum Gasteiger partial charge on any atom is -0.465 e. The lowest BCUT2D eigenvalue weighted by molar-refractivity contribution is -0.0809. The highest BCUT2D eigenvalue weighted by Crippen LogP contribution is 2.18. The Balaban J connectivity index is 2.54. The molecule has 0 aliphatic carbocycles. The number of hydrogen-bond donors (Lipinski definition) is 0. The first-order valence-electron chi connectivity index (χ1n) is 3.64. The van der Waals surface area contributed by atoms with Crippen molar-refractivity contribution in [1.82, 2.24) is 0 Å². The van der Waals surface area contributed by atoms with Crippen LogP contribution in [0.1, 0.15) is 0 Å². The second-order valence-corrected chi connectivity index (χ2v) is 2.85. The summed E-state index contributed by atoms with van der Waals surface area (Å²) < 4.78 is 39.6. The standard InChI is InChI=1S/C9H6ClF3O/c10-7-1-3-8(4-2-7)14-6-5-9(11,12)13/h1-6H/b6-5-. The minimum atomic E-state index is -4.35. The smallest absolute Gasteiger partial charge is 0.412 e. The fourth-order valence-corrected chi connectivity index (χ4v) is 0.829. The number of alkyl halides is 3. The molecule has 0 N–H and O–H groups in total. The predicted octanol–water partition coefficient (Wildman–Crippen LogP) is 3.79. The fourth-order valence-electron chi connectivity index (χ4n) is 0.703. The Kier molecular flexibility index (Phi) is 3.41. The second-order valence-electron chi connectivity index (χ2n) is 2.42. The summed E-state index contributed by atoms with van der Waals surface area (Å²) in [4.78, 5) is 0. The number of allylic oxidation sites excluding steroid dienone is 1. The zero-order chi connectivity index (χ0) is 10.6. The molecule has 0 heterocycles. The average Bonchev–Trinajstić information content (AvgIpc) is 2.06. The van der Waals surface area contributed by atoms with E-state index in [0.717, 1.165) is 0 Å². The van der Waals surface area contributed by atoms with Crippen molar-refractivity contribution in [2.24, 2.45) is 0 Å². The number of rotatable bonds is 2. The minimum absolute atomic E-state index is 0.0155. The third-order valence-electron chi connectivity index (χ3n) is 1.27. The topological polar surface area (TPSA) is 9.23 Å². The van der Waals surface area contributed by atoms with E-state index in [-0.39, 0.29) is 6.08 Å². The van der Waals surface area contributed by atoms with Gasteiger partial charge in [-0.2, -0.15) is 13.2 Å². The van der Waals surface area contributed by atoms with Gasteiger partial charge in [-0.3, -0.25) is 0 Å². The van der Waals surface area contributed by atoms with E-state index < -0.39 is 6.18 Å². The molecule has 0 bridgehead atoms. The monoisotopic (exact) mass is 222 g/mol. The highest BCUT2D eigenvalue weighted by Gasteiger charge is 2.22. The Hall–Kier alpha value is -1.16. The Morgan fingerprint density at radius 2 is 1.71 bits per heavy atom. The molecule has 0 aliphatic heterocycles. The SMILES string of the molecule is FC(F)(F)/C=C\Oc1ccc(Cl)cc1. The lowest BCUT2D eigenvalue weighted by Crippen LogP contribution is -2.01. The van der Waals surface area contributed by atoms with Gasteiger partial charge >= 0.3 is 6.18 Å². The first kappa shape index (κ1) is 10.9. The van der Waals surface area contributed by atoms with Crippen LogP contribution >= 0.6 is 11.6 Å². The normalized spacial score (nSPS) is 12.0. The predicted molar refractivity (Wildman–Crippen MR) is 47.3 cm³/mol. The molecule has 1 rings (SSSR count). The van der Waals surface area contributed by atoms with Crippen LogP contribution in [-0.4, -0.2) is 6.18 Å². The molecule has 0 spiro atoms. The van der Waals surface area contributed by atoms with E-state index in [4.69, 9.17) is 11.6 Å². The maximum atomic E-state index is 11.6. The van der Waals surface area contributed by atoms with Gasteiger partial charge in [0.25, 0.3) is 0 Å². The number of halogens is 4. The van der Waals surface area contributed by atoms with Crippen molar-refractivity contribution in [3.05, 3.63) is 41.6 Å². The van der Waals surface area contributed by atoms with Gasteiger partial charge in [-0.05, 0) is 24.3 Å². The van der Waals surface area contributed by atoms with Crippen LogP contribution in [0.4, 0.5) is 13.2 Å². The highest BCUT2D eigenvalue weighted by molar-refractivity contribution is 6.30. The zero-order valence-electron chi connectivity index (χ0n) is 6.88. The van der Waals surface area contributed by atoms with Gasteiger partial charge in [0.05, 0.1) is 12.3 Å². The molecule has 76 valence electrons. The van der Waals surface area contributed by atoms with Crippen LogP contribution in [0.3, 0.4) is 0 Å². The molecular weight excluding hydrogens is 217 g/mol. The quantitative estimate of drug-likeness (QED) is 0.692. The molecule has 0 saturated heterocycles. The van der Waals surface area contributed by atoms with Gasteiger partial charge < -0.3 is 4.74 Å². The molecule has 0 atom stereocenters. The molecular formula is C9H6ClF3O. The molecule has 0 radical (unpaired) electrons. The van der Waals surface area contributed by atoms with E-state index in [9.17, 15) is 13.2 Å². The summed E-state index contributed by atoms with van der Waals surface area (Å²) in [6.07, 6.45) is -3.75. The first-order chi connectivity index (χ1) is 6.47. The molecule has 0 saturated carbocycles. The third-order valence-corrected chi connectivity index (χ3v) is 1.53. The lowest BCUT2D eigenvalue weighted by Gasteiger charge is -2.00. The Morgan fingerprint density at radius 3 is 2.21 bits per heavy atom. The van der Waals surface area contributed by atoms with Gasteiger partial charge in [-0.25, -0.2) is 0 Å². The van der Waals surface area contributed by atoms with E-state index in [1.807, 2.05) is 0 Å². The van der Waals surface area contributed by atoms with E-state index in [2.05, 4.69) is 4.74 Å². The maximum absolute atomic E-state index is 11.6. The Labute approximate surface area is 83.8 Å². The van der Waals surface area contributed by atoms with Crippen LogP contribution in [0.2, 0.25) is 5.02 Å². The molecule has 14 heavy (non-hydrogen) atoms. The van der Waals surface area contributed by atoms with Gasteiger partial charge in [0, 0.05) is 5.02 Å². The fraction of sp³-hybridized carbons (Fsp3) is 0.111. The van der Waals surface area contributed by atoms with Crippen molar-refractivity contribution < 1.29 is 17.9 Å². The molecule has 0 aliphatic rings. The van der Waals surface area contributed by atoms with Crippen LogP contribution in [0.15, 0.2) is 36.6 Å². The summed E-state index contributed by atoms with van der Waals surface area (Å²) in [5, 5.41) is 0.497. The van der Waals surface area contributed by atoms with Crippen LogP contribution in [0.25, 0.3) is 0 Å². The van der Waals surface area contributed by atoms with Crippen molar-refractivity contribution in [1.29, 1.82) is 0 Å².